The molecule has 5 nitrogen and oxygen atoms in total. The fraction of sp³-hybridized carbons (Fsp3) is 0.357. The van der Waals surface area contributed by atoms with E-state index in [9.17, 15) is 4.79 Å². The van der Waals surface area contributed by atoms with E-state index in [0.29, 0.717) is 13.1 Å². The maximum atomic E-state index is 12.5. The van der Waals surface area contributed by atoms with E-state index in [1.165, 1.54) is 11.3 Å². The average Bonchev–Trinajstić information content (AvgIpc) is 2.87. The van der Waals surface area contributed by atoms with Crippen molar-refractivity contribution in [3.05, 3.63) is 38.9 Å². The molecule has 0 aliphatic carbocycles. The van der Waals surface area contributed by atoms with Crippen molar-refractivity contribution in [3.8, 4) is 0 Å². The molecule has 0 aromatic carbocycles. The van der Waals surface area contributed by atoms with Gasteiger partial charge in [0.1, 0.15) is 5.82 Å². The number of aromatic nitrogens is 2. The number of anilines is 1. The van der Waals surface area contributed by atoms with Gasteiger partial charge in [0.15, 0.2) is 0 Å². The van der Waals surface area contributed by atoms with Crippen LogP contribution >= 0.6 is 27.3 Å². The summed E-state index contributed by atoms with van der Waals surface area (Å²) in [6.45, 7) is 5.00. The zero-order valence-electron chi connectivity index (χ0n) is 11.6. The lowest BCUT2D eigenvalue weighted by Crippen LogP contribution is -2.48. The second-order valence-corrected chi connectivity index (χ2v) is 7.28. The van der Waals surface area contributed by atoms with Crippen LogP contribution in [0.25, 0.3) is 0 Å². The zero-order valence-corrected chi connectivity index (χ0v) is 14.0. The predicted molar refractivity (Wildman–Crippen MR) is 86.9 cm³/mol. The minimum Gasteiger partial charge on any atom is -0.352 e. The SMILES string of the molecule is Cc1cc(C(=O)N2CCN(c3cnccn3)CC2)sc1Br. The fourth-order valence-electron chi connectivity index (χ4n) is 2.31. The van der Waals surface area contributed by atoms with Crippen LogP contribution < -0.4 is 4.90 Å². The Hall–Kier alpha value is -1.47. The van der Waals surface area contributed by atoms with Gasteiger partial charge in [-0.25, -0.2) is 4.98 Å². The Morgan fingerprint density at radius 3 is 2.62 bits per heavy atom. The Balaban J connectivity index is 1.64. The van der Waals surface area contributed by atoms with Gasteiger partial charge in [-0.3, -0.25) is 9.78 Å². The number of amides is 1. The van der Waals surface area contributed by atoms with Crippen LogP contribution in [0, 0.1) is 6.92 Å². The van der Waals surface area contributed by atoms with E-state index >= 15 is 0 Å². The molecule has 3 heterocycles. The Kier molecular flexibility index (Phi) is 4.21. The van der Waals surface area contributed by atoms with Crippen LogP contribution in [-0.4, -0.2) is 47.0 Å². The summed E-state index contributed by atoms with van der Waals surface area (Å²) >= 11 is 4.98. The molecule has 2 aromatic rings. The highest BCUT2D eigenvalue weighted by Crippen LogP contribution is 2.28. The van der Waals surface area contributed by atoms with Gasteiger partial charge in [0, 0.05) is 38.6 Å². The minimum absolute atomic E-state index is 0.118. The van der Waals surface area contributed by atoms with Crippen molar-refractivity contribution >= 4 is 39.0 Å². The maximum absolute atomic E-state index is 12.5. The summed E-state index contributed by atoms with van der Waals surface area (Å²) in [4.78, 5) is 25.7. The average molecular weight is 367 g/mol. The van der Waals surface area contributed by atoms with Gasteiger partial charge in [-0.1, -0.05) is 0 Å². The van der Waals surface area contributed by atoms with Crippen LogP contribution in [0.2, 0.25) is 0 Å². The number of hydrogen-bond acceptors (Lipinski definition) is 5. The Labute approximate surface area is 135 Å². The zero-order chi connectivity index (χ0) is 14.8. The molecule has 1 fully saturated rings. The first kappa shape index (κ1) is 14.5. The van der Waals surface area contributed by atoms with E-state index in [1.807, 2.05) is 17.9 Å². The standard InChI is InChI=1S/C14H15BrN4OS/c1-10-8-11(21-13(10)15)14(20)19-6-4-18(5-7-19)12-9-16-2-3-17-12/h2-3,8-9H,4-7H2,1H3. The molecule has 0 N–H and O–H groups in total. The largest absolute Gasteiger partial charge is 0.352 e. The highest BCUT2D eigenvalue weighted by atomic mass is 79.9. The summed E-state index contributed by atoms with van der Waals surface area (Å²) in [7, 11) is 0. The summed E-state index contributed by atoms with van der Waals surface area (Å²) in [6, 6.07) is 1.95. The number of halogens is 1. The van der Waals surface area contributed by atoms with Crippen molar-refractivity contribution in [1.82, 2.24) is 14.9 Å². The van der Waals surface area contributed by atoms with E-state index in [4.69, 9.17) is 0 Å². The third-order valence-corrected chi connectivity index (χ3v) is 5.63. The number of piperazine rings is 1. The molecule has 2 aromatic heterocycles. The van der Waals surface area contributed by atoms with Crippen LogP contribution in [0.5, 0.6) is 0 Å². The van der Waals surface area contributed by atoms with Crippen LogP contribution in [0.1, 0.15) is 15.2 Å². The quantitative estimate of drug-likeness (QED) is 0.819. The lowest BCUT2D eigenvalue weighted by Gasteiger charge is -2.35. The Morgan fingerprint density at radius 1 is 1.29 bits per heavy atom. The highest BCUT2D eigenvalue weighted by molar-refractivity contribution is 9.11. The van der Waals surface area contributed by atoms with Crippen LogP contribution in [0.15, 0.2) is 28.4 Å². The van der Waals surface area contributed by atoms with Crippen molar-refractivity contribution in [2.24, 2.45) is 0 Å². The van der Waals surface area contributed by atoms with E-state index in [1.54, 1.807) is 18.6 Å². The van der Waals surface area contributed by atoms with Gasteiger partial charge in [-0.15, -0.1) is 11.3 Å². The molecular formula is C14H15BrN4OS. The van der Waals surface area contributed by atoms with Crippen molar-refractivity contribution < 1.29 is 4.79 Å². The van der Waals surface area contributed by atoms with E-state index < -0.39 is 0 Å². The van der Waals surface area contributed by atoms with Crippen LogP contribution in [0.3, 0.4) is 0 Å². The number of thiophene rings is 1. The predicted octanol–water partition coefficient (Wildman–Crippen LogP) is 2.57. The number of carbonyl (C=O) groups is 1. The molecule has 0 saturated carbocycles. The molecule has 110 valence electrons. The topological polar surface area (TPSA) is 49.3 Å². The molecule has 0 spiro atoms. The molecule has 1 saturated heterocycles. The maximum Gasteiger partial charge on any atom is 0.264 e. The molecule has 0 atom stereocenters. The lowest BCUT2D eigenvalue weighted by molar-refractivity contribution is 0.0751. The molecule has 0 radical (unpaired) electrons. The summed E-state index contributed by atoms with van der Waals surface area (Å²) in [5.74, 6) is 0.993. The Bertz CT molecular complexity index is 618. The molecule has 1 amide bonds. The monoisotopic (exact) mass is 366 g/mol. The molecular weight excluding hydrogens is 352 g/mol. The summed E-state index contributed by atoms with van der Waals surface area (Å²) in [5.41, 5.74) is 1.11. The van der Waals surface area contributed by atoms with Gasteiger partial charge < -0.3 is 9.80 Å². The molecule has 0 bridgehead atoms. The van der Waals surface area contributed by atoms with Crippen LogP contribution in [0.4, 0.5) is 5.82 Å². The number of aryl methyl sites for hydroxylation is 1. The van der Waals surface area contributed by atoms with E-state index in [0.717, 1.165) is 33.1 Å². The van der Waals surface area contributed by atoms with Gasteiger partial charge in [-0.05, 0) is 34.5 Å². The van der Waals surface area contributed by atoms with Gasteiger partial charge >= 0.3 is 0 Å². The van der Waals surface area contributed by atoms with Gasteiger partial charge in [0.05, 0.1) is 14.9 Å². The van der Waals surface area contributed by atoms with E-state index in [-0.39, 0.29) is 5.91 Å². The number of hydrogen-bond donors (Lipinski definition) is 0. The first-order valence-corrected chi connectivity index (χ1v) is 8.32. The summed E-state index contributed by atoms with van der Waals surface area (Å²) in [5, 5.41) is 0. The van der Waals surface area contributed by atoms with Gasteiger partial charge in [0.25, 0.3) is 5.91 Å². The lowest BCUT2D eigenvalue weighted by atomic mass is 10.2. The number of rotatable bonds is 2. The molecule has 7 heteroatoms. The third-order valence-electron chi connectivity index (χ3n) is 3.51. The molecule has 0 unspecified atom stereocenters. The summed E-state index contributed by atoms with van der Waals surface area (Å²) < 4.78 is 1.03. The van der Waals surface area contributed by atoms with Crippen LogP contribution in [-0.2, 0) is 0 Å². The van der Waals surface area contributed by atoms with Gasteiger partial charge in [0.2, 0.25) is 0 Å². The highest BCUT2D eigenvalue weighted by Gasteiger charge is 2.24. The fourth-order valence-corrected chi connectivity index (χ4v) is 3.82. The molecule has 1 aliphatic heterocycles. The first-order valence-electron chi connectivity index (χ1n) is 6.71. The normalized spacial score (nSPS) is 15.3. The Morgan fingerprint density at radius 2 is 2.05 bits per heavy atom. The van der Waals surface area contributed by atoms with Crippen molar-refractivity contribution in [1.29, 1.82) is 0 Å². The van der Waals surface area contributed by atoms with Gasteiger partial charge in [-0.2, -0.15) is 0 Å². The number of carbonyl (C=O) groups excluding carboxylic acids is 1. The van der Waals surface area contributed by atoms with Crippen molar-refractivity contribution in [2.45, 2.75) is 6.92 Å². The molecule has 3 rings (SSSR count). The third kappa shape index (κ3) is 3.08. The smallest absolute Gasteiger partial charge is 0.264 e. The minimum atomic E-state index is 0.118. The number of nitrogens with zero attached hydrogens (tertiary/aromatic N) is 4. The van der Waals surface area contributed by atoms with E-state index in [2.05, 4.69) is 30.8 Å². The second-order valence-electron chi connectivity index (χ2n) is 4.91. The van der Waals surface area contributed by atoms with Crippen molar-refractivity contribution in [3.63, 3.8) is 0 Å². The summed E-state index contributed by atoms with van der Waals surface area (Å²) in [6.07, 6.45) is 5.12. The molecule has 1 aliphatic rings. The molecule has 21 heavy (non-hydrogen) atoms. The van der Waals surface area contributed by atoms with Crippen molar-refractivity contribution in [2.75, 3.05) is 31.1 Å². The second kappa shape index (κ2) is 6.11. The first-order chi connectivity index (χ1) is 10.1.